The summed E-state index contributed by atoms with van der Waals surface area (Å²) in [5.41, 5.74) is 1.98. The van der Waals surface area contributed by atoms with Gasteiger partial charge in [-0.15, -0.1) is 0 Å². The van der Waals surface area contributed by atoms with Gasteiger partial charge in [0.2, 0.25) is 5.91 Å². The molecule has 0 aliphatic heterocycles. The van der Waals surface area contributed by atoms with Gasteiger partial charge in [-0.25, -0.2) is 0 Å². The van der Waals surface area contributed by atoms with E-state index in [0.29, 0.717) is 17.9 Å². The molecule has 0 aliphatic carbocycles. The topological polar surface area (TPSA) is 106 Å². The van der Waals surface area contributed by atoms with E-state index in [1.54, 1.807) is 24.3 Å². The normalized spacial score (nSPS) is 12.2. The Bertz CT molecular complexity index is 820. The van der Waals surface area contributed by atoms with Crippen molar-refractivity contribution in [3.63, 3.8) is 0 Å². The molecule has 0 bridgehead atoms. The molecule has 1 atom stereocenters. The molecule has 1 amide bonds. The van der Waals surface area contributed by atoms with Crippen LogP contribution in [-0.2, 0) is 9.59 Å². The molecule has 2 aromatic carbocycles. The van der Waals surface area contributed by atoms with Gasteiger partial charge in [0.1, 0.15) is 6.04 Å². The minimum Gasteiger partial charge on any atom is -0.480 e. The van der Waals surface area contributed by atoms with Crippen molar-refractivity contribution in [2.24, 2.45) is 10.2 Å². The van der Waals surface area contributed by atoms with Crippen molar-refractivity contribution in [1.29, 1.82) is 0 Å². The summed E-state index contributed by atoms with van der Waals surface area (Å²) in [6.45, 7) is 7.15. The van der Waals surface area contributed by atoms with Gasteiger partial charge < -0.3 is 20.6 Å². The lowest BCUT2D eigenvalue weighted by Crippen LogP contribution is -2.43. The maximum absolute atomic E-state index is 12.3. The van der Waals surface area contributed by atoms with Crippen LogP contribution in [0.1, 0.15) is 20.3 Å². The third-order valence-electron chi connectivity index (χ3n) is 4.59. The lowest BCUT2D eigenvalue weighted by Gasteiger charge is -2.20. The highest BCUT2D eigenvalue weighted by Crippen LogP contribution is 2.20. The molecular weight excluding hydrogens is 382 g/mol. The van der Waals surface area contributed by atoms with Crippen LogP contribution < -0.4 is 10.6 Å². The van der Waals surface area contributed by atoms with Crippen LogP contribution in [0, 0.1) is 0 Å². The van der Waals surface area contributed by atoms with Crippen molar-refractivity contribution in [1.82, 2.24) is 10.2 Å². The lowest BCUT2D eigenvalue weighted by atomic mass is 10.2. The number of nitrogens with zero attached hydrogens (tertiary/aromatic N) is 3. The molecule has 0 unspecified atom stereocenters. The van der Waals surface area contributed by atoms with Crippen LogP contribution in [0.3, 0.4) is 0 Å². The summed E-state index contributed by atoms with van der Waals surface area (Å²) in [7, 11) is 0. The SMILES string of the molecule is CCN(CC)CCN[C@H](CC(=O)Nc1ccc(N=Nc2ccccc2)cc1)C(=O)O. The van der Waals surface area contributed by atoms with E-state index in [1.165, 1.54) is 0 Å². The maximum atomic E-state index is 12.3. The smallest absolute Gasteiger partial charge is 0.321 e. The molecule has 2 aromatic rings. The fraction of sp³-hybridized carbons (Fsp3) is 0.364. The highest BCUT2D eigenvalue weighted by molar-refractivity contribution is 5.94. The van der Waals surface area contributed by atoms with Crippen LogP contribution in [0.4, 0.5) is 17.1 Å². The number of hydrogen-bond acceptors (Lipinski definition) is 6. The summed E-state index contributed by atoms with van der Waals surface area (Å²) >= 11 is 0. The summed E-state index contributed by atoms with van der Waals surface area (Å²) < 4.78 is 0. The number of carbonyl (C=O) groups is 2. The van der Waals surface area contributed by atoms with Crippen LogP contribution in [0.2, 0.25) is 0 Å². The first-order valence-electron chi connectivity index (χ1n) is 10.1. The summed E-state index contributed by atoms with van der Waals surface area (Å²) in [5.74, 6) is -1.40. The Morgan fingerprint density at radius 2 is 1.57 bits per heavy atom. The Labute approximate surface area is 177 Å². The van der Waals surface area contributed by atoms with Crippen LogP contribution in [0.5, 0.6) is 0 Å². The van der Waals surface area contributed by atoms with Gasteiger partial charge in [0.25, 0.3) is 0 Å². The Morgan fingerprint density at radius 3 is 2.13 bits per heavy atom. The molecule has 0 aliphatic rings. The van der Waals surface area contributed by atoms with Gasteiger partial charge in [0.05, 0.1) is 17.8 Å². The minimum absolute atomic E-state index is 0.150. The van der Waals surface area contributed by atoms with Gasteiger partial charge in [0, 0.05) is 18.8 Å². The number of carboxylic acids is 1. The van der Waals surface area contributed by atoms with Crippen LogP contribution in [-0.4, -0.2) is 54.1 Å². The molecule has 8 nitrogen and oxygen atoms in total. The number of anilines is 1. The van der Waals surface area contributed by atoms with E-state index in [-0.39, 0.29) is 12.3 Å². The predicted molar refractivity (Wildman–Crippen MR) is 118 cm³/mol. The monoisotopic (exact) mass is 411 g/mol. The number of hydrogen-bond donors (Lipinski definition) is 3. The first-order valence-corrected chi connectivity index (χ1v) is 10.1. The van der Waals surface area contributed by atoms with E-state index in [2.05, 4.69) is 39.6 Å². The van der Waals surface area contributed by atoms with E-state index in [0.717, 1.165) is 25.3 Å². The standard InChI is InChI=1S/C22H29N5O3/c1-3-27(4-2)15-14-23-20(22(29)30)16-21(28)24-17-10-12-19(13-11-17)26-25-18-8-6-5-7-9-18/h5-13,20,23H,3-4,14-16H2,1-2H3,(H,24,28)(H,29,30)/t20-/m1/s1. The first-order chi connectivity index (χ1) is 14.5. The summed E-state index contributed by atoms with van der Waals surface area (Å²) in [6.07, 6.45) is -0.150. The first kappa shape index (κ1) is 23.2. The average molecular weight is 412 g/mol. The van der Waals surface area contributed by atoms with E-state index >= 15 is 0 Å². The average Bonchev–Trinajstić information content (AvgIpc) is 2.76. The highest BCUT2D eigenvalue weighted by Gasteiger charge is 2.20. The second kappa shape index (κ2) is 12.5. The van der Waals surface area contributed by atoms with E-state index in [1.807, 2.05) is 30.3 Å². The number of benzene rings is 2. The lowest BCUT2D eigenvalue weighted by molar-refractivity contribution is -0.141. The van der Waals surface area contributed by atoms with E-state index in [4.69, 9.17) is 0 Å². The Morgan fingerprint density at radius 1 is 0.967 bits per heavy atom. The highest BCUT2D eigenvalue weighted by atomic mass is 16.4. The zero-order chi connectivity index (χ0) is 21.8. The molecule has 0 fully saturated rings. The molecule has 0 saturated heterocycles. The minimum atomic E-state index is -1.04. The molecule has 0 aromatic heterocycles. The molecule has 30 heavy (non-hydrogen) atoms. The van der Waals surface area contributed by atoms with Crippen LogP contribution in [0.25, 0.3) is 0 Å². The van der Waals surface area contributed by atoms with Crippen molar-refractivity contribution in [3.05, 3.63) is 54.6 Å². The van der Waals surface area contributed by atoms with Crippen molar-refractivity contribution < 1.29 is 14.7 Å². The Kier molecular flexibility index (Phi) is 9.63. The van der Waals surface area contributed by atoms with E-state index in [9.17, 15) is 14.7 Å². The predicted octanol–water partition coefficient (Wildman–Crippen LogP) is 3.82. The maximum Gasteiger partial charge on any atom is 0.321 e. The zero-order valence-corrected chi connectivity index (χ0v) is 17.4. The van der Waals surface area contributed by atoms with Gasteiger partial charge in [-0.2, -0.15) is 10.2 Å². The van der Waals surface area contributed by atoms with Crippen LogP contribution >= 0.6 is 0 Å². The summed E-state index contributed by atoms with van der Waals surface area (Å²) in [6, 6.07) is 15.3. The summed E-state index contributed by atoms with van der Waals surface area (Å²) in [5, 5.41) is 23.3. The number of aliphatic carboxylic acids is 1. The molecule has 0 spiro atoms. The number of carbonyl (C=O) groups excluding carboxylic acids is 1. The Balaban J connectivity index is 1.85. The number of rotatable bonds is 12. The van der Waals surface area contributed by atoms with Crippen molar-refractivity contribution in [2.75, 3.05) is 31.5 Å². The third kappa shape index (κ3) is 8.10. The van der Waals surface area contributed by atoms with E-state index < -0.39 is 12.0 Å². The third-order valence-corrected chi connectivity index (χ3v) is 4.59. The molecule has 2 rings (SSSR count). The Hall–Kier alpha value is -3.10. The molecular formula is C22H29N5O3. The fourth-order valence-corrected chi connectivity index (χ4v) is 2.80. The van der Waals surface area contributed by atoms with Gasteiger partial charge >= 0.3 is 5.97 Å². The number of nitrogens with one attached hydrogen (secondary N) is 2. The van der Waals surface area contributed by atoms with Crippen molar-refractivity contribution >= 4 is 28.9 Å². The van der Waals surface area contributed by atoms with Crippen LogP contribution in [0.15, 0.2) is 64.8 Å². The molecule has 0 radical (unpaired) electrons. The van der Waals surface area contributed by atoms with Gasteiger partial charge in [0.15, 0.2) is 0 Å². The van der Waals surface area contributed by atoms with Gasteiger partial charge in [-0.3, -0.25) is 9.59 Å². The number of azo groups is 1. The zero-order valence-electron chi connectivity index (χ0n) is 17.4. The number of amides is 1. The van der Waals surface area contributed by atoms with Crippen molar-refractivity contribution in [2.45, 2.75) is 26.3 Å². The fourth-order valence-electron chi connectivity index (χ4n) is 2.80. The summed E-state index contributed by atoms with van der Waals surface area (Å²) in [4.78, 5) is 25.9. The van der Waals surface area contributed by atoms with Gasteiger partial charge in [-0.05, 0) is 49.5 Å². The number of carboxylic acid groups (broad SMARTS) is 1. The molecule has 160 valence electrons. The van der Waals surface area contributed by atoms with Gasteiger partial charge in [-0.1, -0.05) is 32.0 Å². The largest absolute Gasteiger partial charge is 0.480 e. The second-order valence-electron chi connectivity index (χ2n) is 6.71. The molecule has 0 heterocycles. The molecule has 8 heteroatoms. The second-order valence-corrected chi connectivity index (χ2v) is 6.71. The molecule has 0 saturated carbocycles. The van der Waals surface area contributed by atoms with Crippen molar-refractivity contribution in [3.8, 4) is 0 Å². The molecule has 3 N–H and O–H groups in total. The number of likely N-dealkylation sites (N-methyl/N-ethyl adjacent to an activating group) is 1. The quantitative estimate of drug-likeness (QED) is 0.461.